The van der Waals surface area contributed by atoms with E-state index in [-0.39, 0.29) is 0 Å². The number of hydrogen-bond donors (Lipinski definition) is 1. The second-order valence-electron chi connectivity index (χ2n) is 5.96. The SMILES string of the molecule is CCOC1(c2nc(CC(C)C)cc(NC)n2)CCOCC1. The normalized spacial score (nSPS) is 18.0. The largest absolute Gasteiger partial charge is 0.381 e. The molecule has 1 saturated heterocycles. The van der Waals surface area contributed by atoms with Gasteiger partial charge in [-0.2, -0.15) is 0 Å². The van der Waals surface area contributed by atoms with Crippen molar-refractivity contribution in [2.45, 2.75) is 45.6 Å². The Hall–Kier alpha value is -1.20. The molecule has 2 heterocycles. The zero-order valence-electron chi connectivity index (χ0n) is 13.6. The second-order valence-corrected chi connectivity index (χ2v) is 5.96. The number of aromatic nitrogens is 2. The molecule has 21 heavy (non-hydrogen) atoms. The highest BCUT2D eigenvalue weighted by molar-refractivity contribution is 5.36. The third-order valence-electron chi connectivity index (χ3n) is 3.78. The zero-order chi connectivity index (χ0) is 15.3. The van der Waals surface area contributed by atoms with Crippen molar-refractivity contribution in [1.82, 2.24) is 9.97 Å². The Bertz CT molecular complexity index is 451. The number of ether oxygens (including phenoxy) is 2. The number of anilines is 1. The van der Waals surface area contributed by atoms with Crippen molar-refractivity contribution in [3.63, 3.8) is 0 Å². The van der Waals surface area contributed by atoms with Crippen LogP contribution in [0.1, 0.15) is 45.1 Å². The Balaban J connectivity index is 2.38. The topological polar surface area (TPSA) is 56.3 Å². The van der Waals surface area contributed by atoms with Crippen LogP contribution in [0.15, 0.2) is 6.07 Å². The van der Waals surface area contributed by atoms with E-state index in [0.717, 1.165) is 36.6 Å². The van der Waals surface area contributed by atoms with E-state index in [9.17, 15) is 0 Å². The highest BCUT2D eigenvalue weighted by atomic mass is 16.5. The van der Waals surface area contributed by atoms with Crippen molar-refractivity contribution < 1.29 is 9.47 Å². The third kappa shape index (κ3) is 3.92. The molecule has 0 unspecified atom stereocenters. The Morgan fingerprint density at radius 3 is 2.62 bits per heavy atom. The van der Waals surface area contributed by atoms with E-state index in [1.807, 2.05) is 20.0 Å². The number of rotatable bonds is 6. The van der Waals surface area contributed by atoms with Crippen LogP contribution in [-0.2, 0) is 21.5 Å². The Morgan fingerprint density at radius 2 is 2.05 bits per heavy atom. The first kappa shape index (κ1) is 16.2. The van der Waals surface area contributed by atoms with Crippen molar-refractivity contribution in [1.29, 1.82) is 0 Å². The van der Waals surface area contributed by atoms with Crippen LogP contribution in [0.5, 0.6) is 0 Å². The maximum Gasteiger partial charge on any atom is 0.163 e. The highest BCUT2D eigenvalue weighted by Gasteiger charge is 2.38. The minimum absolute atomic E-state index is 0.397. The van der Waals surface area contributed by atoms with Crippen LogP contribution in [0.2, 0.25) is 0 Å². The average molecular weight is 293 g/mol. The summed E-state index contributed by atoms with van der Waals surface area (Å²) in [5, 5.41) is 3.14. The van der Waals surface area contributed by atoms with Gasteiger partial charge in [-0.15, -0.1) is 0 Å². The summed E-state index contributed by atoms with van der Waals surface area (Å²) in [5.41, 5.74) is 0.677. The molecule has 1 N–H and O–H groups in total. The summed E-state index contributed by atoms with van der Waals surface area (Å²) in [4.78, 5) is 9.48. The standard InChI is InChI=1S/C16H27N3O2/c1-5-21-16(6-8-20-9-7-16)15-18-13(10-12(2)3)11-14(17-4)19-15/h11-12H,5-10H2,1-4H3,(H,17,18,19). The molecule has 5 nitrogen and oxygen atoms in total. The van der Waals surface area contributed by atoms with Crippen molar-refractivity contribution in [3.8, 4) is 0 Å². The zero-order valence-corrected chi connectivity index (χ0v) is 13.6. The summed E-state index contributed by atoms with van der Waals surface area (Å²) in [5.74, 6) is 2.23. The lowest BCUT2D eigenvalue weighted by atomic mass is 9.92. The van der Waals surface area contributed by atoms with Crippen LogP contribution in [0.25, 0.3) is 0 Å². The lowest BCUT2D eigenvalue weighted by molar-refractivity contribution is -0.117. The van der Waals surface area contributed by atoms with E-state index in [1.54, 1.807) is 0 Å². The minimum Gasteiger partial charge on any atom is -0.381 e. The molecule has 0 spiro atoms. The van der Waals surface area contributed by atoms with Gasteiger partial charge in [0.15, 0.2) is 5.82 Å². The highest BCUT2D eigenvalue weighted by Crippen LogP contribution is 2.34. The summed E-state index contributed by atoms with van der Waals surface area (Å²) in [6, 6.07) is 2.03. The van der Waals surface area contributed by atoms with Crippen molar-refractivity contribution in [3.05, 3.63) is 17.6 Å². The Kier molecular flexibility index (Phi) is 5.53. The van der Waals surface area contributed by atoms with Crippen LogP contribution in [-0.4, -0.2) is 36.8 Å². The molecule has 2 rings (SSSR count). The van der Waals surface area contributed by atoms with E-state index in [1.165, 1.54) is 0 Å². The van der Waals surface area contributed by atoms with Crippen LogP contribution < -0.4 is 5.32 Å². The molecule has 0 bridgehead atoms. The van der Waals surface area contributed by atoms with Crippen LogP contribution >= 0.6 is 0 Å². The number of nitrogens with one attached hydrogen (secondary N) is 1. The quantitative estimate of drug-likeness (QED) is 0.874. The fourth-order valence-corrected chi connectivity index (χ4v) is 2.76. The Morgan fingerprint density at radius 1 is 1.33 bits per heavy atom. The molecule has 0 radical (unpaired) electrons. The maximum atomic E-state index is 6.08. The molecular weight excluding hydrogens is 266 g/mol. The molecule has 0 aliphatic carbocycles. The molecule has 118 valence electrons. The maximum absolute atomic E-state index is 6.08. The first-order valence-electron chi connectivity index (χ1n) is 7.87. The Labute approximate surface area is 127 Å². The first-order valence-corrected chi connectivity index (χ1v) is 7.87. The molecule has 1 aromatic rings. The number of hydrogen-bond acceptors (Lipinski definition) is 5. The number of nitrogens with zero attached hydrogens (tertiary/aromatic N) is 2. The van der Waals surface area contributed by atoms with Gasteiger partial charge in [-0.1, -0.05) is 13.8 Å². The molecule has 0 atom stereocenters. The molecule has 1 aliphatic rings. The van der Waals surface area contributed by atoms with Gasteiger partial charge in [-0.3, -0.25) is 0 Å². The second kappa shape index (κ2) is 7.18. The van der Waals surface area contributed by atoms with E-state index in [4.69, 9.17) is 14.5 Å². The van der Waals surface area contributed by atoms with Gasteiger partial charge in [0.1, 0.15) is 11.4 Å². The van der Waals surface area contributed by atoms with Crippen LogP contribution in [0, 0.1) is 5.92 Å². The van der Waals surface area contributed by atoms with Gasteiger partial charge in [-0.05, 0) is 19.3 Å². The fourth-order valence-electron chi connectivity index (χ4n) is 2.76. The summed E-state index contributed by atoms with van der Waals surface area (Å²) in [6.07, 6.45) is 2.58. The summed E-state index contributed by atoms with van der Waals surface area (Å²) in [7, 11) is 1.89. The predicted molar refractivity (Wildman–Crippen MR) is 83.5 cm³/mol. The van der Waals surface area contributed by atoms with E-state index >= 15 is 0 Å². The molecule has 0 amide bonds. The molecular formula is C16H27N3O2. The van der Waals surface area contributed by atoms with E-state index in [0.29, 0.717) is 25.7 Å². The van der Waals surface area contributed by atoms with Gasteiger partial charge in [-0.25, -0.2) is 9.97 Å². The van der Waals surface area contributed by atoms with Crippen molar-refractivity contribution >= 4 is 5.82 Å². The molecule has 1 aromatic heterocycles. The lowest BCUT2D eigenvalue weighted by Gasteiger charge is -2.35. The van der Waals surface area contributed by atoms with Gasteiger partial charge in [0.05, 0.1) is 0 Å². The van der Waals surface area contributed by atoms with Crippen molar-refractivity contribution in [2.75, 3.05) is 32.2 Å². The van der Waals surface area contributed by atoms with Gasteiger partial charge in [0, 0.05) is 51.5 Å². The van der Waals surface area contributed by atoms with Gasteiger partial charge >= 0.3 is 0 Å². The third-order valence-corrected chi connectivity index (χ3v) is 3.78. The molecule has 5 heteroatoms. The summed E-state index contributed by atoms with van der Waals surface area (Å²) < 4.78 is 11.6. The molecule has 0 saturated carbocycles. The van der Waals surface area contributed by atoms with Gasteiger partial charge in [0.25, 0.3) is 0 Å². The monoisotopic (exact) mass is 293 g/mol. The first-order chi connectivity index (χ1) is 10.1. The minimum atomic E-state index is -0.397. The lowest BCUT2D eigenvalue weighted by Crippen LogP contribution is -2.38. The molecule has 1 aliphatic heterocycles. The molecule has 0 aromatic carbocycles. The van der Waals surface area contributed by atoms with E-state index < -0.39 is 5.60 Å². The van der Waals surface area contributed by atoms with Crippen molar-refractivity contribution in [2.24, 2.45) is 5.92 Å². The fraction of sp³-hybridized carbons (Fsp3) is 0.750. The van der Waals surface area contributed by atoms with E-state index in [2.05, 4.69) is 24.1 Å². The smallest absolute Gasteiger partial charge is 0.163 e. The van der Waals surface area contributed by atoms with Gasteiger partial charge in [0.2, 0.25) is 0 Å². The van der Waals surface area contributed by atoms with Crippen LogP contribution in [0.3, 0.4) is 0 Å². The summed E-state index contributed by atoms with van der Waals surface area (Å²) >= 11 is 0. The van der Waals surface area contributed by atoms with Gasteiger partial charge < -0.3 is 14.8 Å². The predicted octanol–water partition coefficient (Wildman–Crippen LogP) is 2.76. The molecule has 1 fully saturated rings. The summed E-state index contributed by atoms with van der Waals surface area (Å²) in [6.45, 7) is 8.49. The van der Waals surface area contributed by atoms with Crippen LogP contribution in [0.4, 0.5) is 5.82 Å². The average Bonchev–Trinajstić information content (AvgIpc) is 2.47.